The zero-order chi connectivity index (χ0) is 16.9. The Bertz CT molecular complexity index is 779. The molecule has 0 saturated heterocycles. The van der Waals surface area contributed by atoms with E-state index >= 15 is 0 Å². The van der Waals surface area contributed by atoms with Gasteiger partial charge in [0.25, 0.3) is 5.91 Å². The van der Waals surface area contributed by atoms with Crippen molar-refractivity contribution >= 4 is 37.5 Å². The van der Waals surface area contributed by atoms with Gasteiger partial charge < -0.3 is 5.32 Å². The molecule has 2 aromatic rings. The van der Waals surface area contributed by atoms with Gasteiger partial charge in [0.2, 0.25) is 10.0 Å². The van der Waals surface area contributed by atoms with E-state index in [2.05, 4.69) is 21.2 Å². The average molecular weight is 397 g/mol. The normalized spacial score (nSPS) is 11.0. The van der Waals surface area contributed by atoms with Crippen LogP contribution in [0, 0.1) is 0 Å². The van der Waals surface area contributed by atoms with Crippen molar-refractivity contribution in [3.63, 3.8) is 0 Å². The van der Waals surface area contributed by atoms with E-state index in [9.17, 15) is 13.2 Å². The van der Waals surface area contributed by atoms with Gasteiger partial charge in [0, 0.05) is 16.6 Å². The van der Waals surface area contributed by atoms with Crippen LogP contribution in [0.3, 0.4) is 0 Å². The first kappa shape index (κ1) is 17.5. The molecule has 0 heterocycles. The lowest BCUT2D eigenvalue weighted by atomic mass is 10.2. The molecular weight excluding hydrogens is 380 g/mol. The van der Waals surface area contributed by atoms with Crippen molar-refractivity contribution in [1.82, 2.24) is 5.32 Å². The van der Waals surface area contributed by atoms with E-state index in [-0.39, 0.29) is 19.0 Å². The fourth-order valence-electron chi connectivity index (χ4n) is 2.08. The second kappa shape index (κ2) is 7.61. The summed E-state index contributed by atoms with van der Waals surface area (Å²) >= 11 is 3.33. The Labute approximate surface area is 144 Å². The zero-order valence-electron chi connectivity index (χ0n) is 12.6. The number of carbonyl (C=O) groups is 1. The molecule has 0 fully saturated rings. The predicted octanol–water partition coefficient (Wildman–Crippen LogP) is 2.65. The quantitative estimate of drug-likeness (QED) is 0.815. The molecule has 0 atom stereocenters. The Balaban J connectivity index is 2.04. The fraction of sp³-hybridized carbons (Fsp3) is 0.188. The van der Waals surface area contributed by atoms with E-state index in [1.807, 2.05) is 12.1 Å². The molecule has 7 heteroatoms. The van der Waals surface area contributed by atoms with Crippen LogP contribution in [-0.2, 0) is 10.0 Å². The number of hydrogen-bond acceptors (Lipinski definition) is 3. The molecule has 2 rings (SSSR count). The molecule has 23 heavy (non-hydrogen) atoms. The number of nitrogens with one attached hydrogen (secondary N) is 1. The number of sulfonamides is 1. The third-order valence-corrected chi connectivity index (χ3v) is 4.82. The molecular formula is C16H17BrN2O3S. The molecule has 0 aliphatic rings. The first-order valence-corrected chi connectivity index (χ1v) is 9.58. The Morgan fingerprint density at radius 1 is 1.13 bits per heavy atom. The Morgan fingerprint density at radius 3 is 2.43 bits per heavy atom. The summed E-state index contributed by atoms with van der Waals surface area (Å²) in [7, 11) is -3.44. The molecule has 0 spiro atoms. The number of nitrogens with zero attached hydrogens (tertiary/aromatic N) is 1. The van der Waals surface area contributed by atoms with Crippen LogP contribution in [0.1, 0.15) is 10.4 Å². The highest BCUT2D eigenvalue weighted by molar-refractivity contribution is 9.10. The molecule has 0 bridgehead atoms. The molecule has 1 N–H and O–H groups in total. The van der Waals surface area contributed by atoms with Crippen LogP contribution >= 0.6 is 15.9 Å². The molecule has 5 nitrogen and oxygen atoms in total. The van der Waals surface area contributed by atoms with E-state index in [1.54, 1.807) is 42.5 Å². The highest BCUT2D eigenvalue weighted by Gasteiger charge is 2.17. The van der Waals surface area contributed by atoms with Crippen molar-refractivity contribution in [2.45, 2.75) is 0 Å². The maximum Gasteiger partial charge on any atom is 0.251 e. The summed E-state index contributed by atoms with van der Waals surface area (Å²) < 4.78 is 26.0. The average Bonchev–Trinajstić information content (AvgIpc) is 2.51. The first-order valence-electron chi connectivity index (χ1n) is 6.94. The van der Waals surface area contributed by atoms with Crippen LogP contribution in [0.25, 0.3) is 0 Å². The minimum Gasteiger partial charge on any atom is -0.350 e. The van der Waals surface area contributed by atoms with E-state index in [4.69, 9.17) is 0 Å². The maximum atomic E-state index is 12.0. The molecule has 2 aromatic carbocycles. The van der Waals surface area contributed by atoms with Crippen molar-refractivity contribution in [2.24, 2.45) is 0 Å². The summed E-state index contributed by atoms with van der Waals surface area (Å²) in [5, 5.41) is 2.73. The monoisotopic (exact) mass is 396 g/mol. The summed E-state index contributed by atoms with van der Waals surface area (Å²) in [5.74, 6) is -0.228. The van der Waals surface area contributed by atoms with Gasteiger partial charge in [-0.2, -0.15) is 0 Å². The topological polar surface area (TPSA) is 66.5 Å². The number of hydrogen-bond donors (Lipinski definition) is 1. The molecule has 1 amide bonds. The molecule has 0 unspecified atom stereocenters. The SMILES string of the molecule is CS(=O)(=O)N(CCNC(=O)c1ccccc1)c1cccc(Br)c1. The molecule has 0 saturated carbocycles. The predicted molar refractivity (Wildman–Crippen MR) is 95.1 cm³/mol. The standard InChI is InChI=1S/C16H17BrN2O3S/c1-23(21,22)19(15-9-5-8-14(17)12-15)11-10-18-16(20)13-6-3-2-4-7-13/h2-9,12H,10-11H2,1H3,(H,18,20). The summed E-state index contributed by atoms with van der Waals surface area (Å²) in [6.45, 7) is 0.376. The van der Waals surface area contributed by atoms with Crippen molar-refractivity contribution in [3.8, 4) is 0 Å². The largest absolute Gasteiger partial charge is 0.350 e. The van der Waals surface area contributed by atoms with Crippen molar-refractivity contribution in [2.75, 3.05) is 23.7 Å². The van der Waals surface area contributed by atoms with Gasteiger partial charge in [-0.25, -0.2) is 8.42 Å². The number of benzene rings is 2. The lowest BCUT2D eigenvalue weighted by Crippen LogP contribution is -2.38. The Morgan fingerprint density at radius 2 is 1.83 bits per heavy atom. The fourth-order valence-corrected chi connectivity index (χ4v) is 3.39. The van der Waals surface area contributed by atoms with Gasteiger partial charge in [-0.3, -0.25) is 9.10 Å². The highest BCUT2D eigenvalue weighted by atomic mass is 79.9. The Hall–Kier alpha value is -1.86. The summed E-state index contributed by atoms with van der Waals surface area (Å²) in [6, 6.07) is 15.8. The highest BCUT2D eigenvalue weighted by Crippen LogP contribution is 2.21. The second-order valence-electron chi connectivity index (χ2n) is 4.94. The van der Waals surface area contributed by atoms with E-state index in [1.165, 1.54) is 4.31 Å². The maximum absolute atomic E-state index is 12.0. The minimum absolute atomic E-state index is 0.161. The van der Waals surface area contributed by atoms with Crippen molar-refractivity contribution in [1.29, 1.82) is 0 Å². The van der Waals surface area contributed by atoms with Crippen molar-refractivity contribution in [3.05, 3.63) is 64.6 Å². The lowest BCUT2D eigenvalue weighted by Gasteiger charge is -2.22. The molecule has 0 radical (unpaired) electrons. The van der Waals surface area contributed by atoms with Gasteiger partial charge in [-0.05, 0) is 30.3 Å². The van der Waals surface area contributed by atoms with Gasteiger partial charge in [-0.1, -0.05) is 40.2 Å². The smallest absolute Gasteiger partial charge is 0.251 e. The summed E-state index contributed by atoms with van der Waals surface area (Å²) in [4.78, 5) is 12.0. The van der Waals surface area contributed by atoms with Crippen LogP contribution in [0.15, 0.2) is 59.1 Å². The number of carbonyl (C=O) groups excluding carboxylic acids is 1. The summed E-state index contributed by atoms with van der Waals surface area (Å²) in [5.41, 5.74) is 1.09. The zero-order valence-corrected chi connectivity index (χ0v) is 15.0. The number of halogens is 1. The summed E-state index contributed by atoms with van der Waals surface area (Å²) in [6.07, 6.45) is 1.15. The van der Waals surface area contributed by atoms with Crippen LogP contribution in [0.2, 0.25) is 0 Å². The molecule has 0 aliphatic carbocycles. The van der Waals surface area contributed by atoms with E-state index < -0.39 is 10.0 Å². The van der Waals surface area contributed by atoms with Gasteiger partial charge in [0.05, 0.1) is 18.5 Å². The van der Waals surface area contributed by atoms with E-state index in [0.29, 0.717) is 11.3 Å². The third kappa shape index (κ3) is 5.07. The number of rotatable bonds is 6. The lowest BCUT2D eigenvalue weighted by molar-refractivity contribution is 0.0955. The van der Waals surface area contributed by atoms with Gasteiger partial charge in [0.15, 0.2) is 0 Å². The van der Waals surface area contributed by atoms with E-state index in [0.717, 1.165) is 10.7 Å². The Kier molecular flexibility index (Phi) is 5.79. The number of amides is 1. The van der Waals surface area contributed by atoms with Crippen LogP contribution < -0.4 is 9.62 Å². The van der Waals surface area contributed by atoms with Gasteiger partial charge >= 0.3 is 0 Å². The van der Waals surface area contributed by atoms with Crippen molar-refractivity contribution < 1.29 is 13.2 Å². The van der Waals surface area contributed by atoms with Crippen LogP contribution in [0.5, 0.6) is 0 Å². The third-order valence-electron chi connectivity index (χ3n) is 3.13. The van der Waals surface area contributed by atoms with Crippen LogP contribution in [-0.4, -0.2) is 33.7 Å². The van der Waals surface area contributed by atoms with Gasteiger partial charge in [0.1, 0.15) is 0 Å². The van der Waals surface area contributed by atoms with Crippen LogP contribution in [0.4, 0.5) is 5.69 Å². The number of anilines is 1. The minimum atomic E-state index is -3.44. The first-order chi connectivity index (χ1) is 10.9. The molecule has 0 aliphatic heterocycles. The molecule has 0 aromatic heterocycles. The van der Waals surface area contributed by atoms with Gasteiger partial charge in [-0.15, -0.1) is 0 Å². The second-order valence-corrected chi connectivity index (χ2v) is 7.76. The molecule has 122 valence electrons.